The first kappa shape index (κ1) is 14.7. The van der Waals surface area contributed by atoms with Crippen molar-refractivity contribution in [1.29, 1.82) is 0 Å². The van der Waals surface area contributed by atoms with Crippen LogP contribution in [-0.2, 0) is 11.3 Å². The van der Waals surface area contributed by atoms with Gasteiger partial charge in [0.25, 0.3) is 0 Å². The monoisotopic (exact) mass is 274 g/mol. The number of amides is 1. The van der Waals surface area contributed by atoms with Crippen molar-refractivity contribution in [2.45, 2.75) is 18.8 Å². The second-order valence-corrected chi connectivity index (χ2v) is 3.99. The molecule has 1 saturated heterocycles. The zero-order chi connectivity index (χ0) is 12.1. The molecule has 0 aliphatic carbocycles. The second-order valence-electron chi connectivity index (χ2n) is 3.99. The van der Waals surface area contributed by atoms with Crippen molar-refractivity contribution in [2.75, 3.05) is 13.1 Å². The molecule has 0 bridgehead atoms. The molecular weight excluding hydrogens is 259 g/mol. The Balaban J connectivity index is 0.00000162. The molecular formula is C12H16ClFN2O2. The maximum Gasteiger partial charge on any atom is 0.407 e. The molecule has 1 heterocycles. The van der Waals surface area contributed by atoms with E-state index in [9.17, 15) is 9.18 Å². The molecule has 1 fully saturated rings. The lowest BCUT2D eigenvalue weighted by Crippen LogP contribution is -2.41. The van der Waals surface area contributed by atoms with Crippen molar-refractivity contribution in [1.82, 2.24) is 10.6 Å². The number of nitrogens with one attached hydrogen (secondary N) is 2. The maximum absolute atomic E-state index is 13.2. The first-order valence-corrected chi connectivity index (χ1v) is 5.57. The Kier molecular flexibility index (Phi) is 5.88. The van der Waals surface area contributed by atoms with E-state index in [0.717, 1.165) is 5.56 Å². The van der Waals surface area contributed by atoms with Crippen molar-refractivity contribution in [3.63, 3.8) is 0 Å². The zero-order valence-corrected chi connectivity index (χ0v) is 10.6. The van der Waals surface area contributed by atoms with Gasteiger partial charge in [-0.05, 0) is 5.56 Å². The van der Waals surface area contributed by atoms with Gasteiger partial charge < -0.3 is 15.4 Å². The summed E-state index contributed by atoms with van der Waals surface area (Å²) >= 11 is 0. The molecule has 1 aromatic carbocycles. The van der Waals surface area contributed by atoms with Crippen LogP contribution in [0.25, 0.3) is 0 Å². The van der Waals surface area contributed by atoms with Crippen LogP contribution in [0.3, 0.4) is 0 Å². The van der Waals surface area contributed by atoms with Crippen LogP contribution in [0.5, 0.6) is 0 Å². The molecule has 0 unspecified atom stereocenters. The van der Waals surface area contributed by atoms with Crippen LogP contribution in [-0.4, -0.2) is 31.4 Å². The summed E-state index contributed by atoms with van der Waals surface area (Å²) in [6, 6.07) is 8.87. The highest BCUT2D eigenvalue weighted by Crippen LogP contribution is 2.05. The summed E-state index contributed by atoms with van der Waals surface area (Å²) in [6.07, 6.45) is -1.62. The van der Waals surface area contributed by atoms with E-state index < -0.39 is 18.3 Å². The largest absolute Gasteiger partial charge is 0.445 e. The topological polar surface area (TPSA) is 50.4 Å². The Bertz CT molecular complexity index is 378. The van der Waals surface area contributed by atoms with Crippen LogP contribution < -0.4 is 10.6 Å². The van der Waals surface area contributed by atoms with E-state index in [2.05, 4.69) is 10.6 Å². The number of carbonyl (C=O) groups excluding carboxylic acids is 1. The van der Waals surface area contributed by atoms with Gasteiger partial charge >= 0.3 is 6.09 Å². The highest BCUT2D eigenvalue weighted by molar-refractivity contribution is 5.85. The van der Waals surface area contributed by atoms with E-state index in [1.165, 1.54) is 0 Å². The SMILES string of the molecule is Cl.O=C(N[C@H]1CNC[C@@H]1F)OCc1ccccc1. The van der Waals surface area contributed by atoms with Gasteiger partial charge in [-0.25, -0.2) is 9.18 Å². The number of rotatable bonds is 3. The summed E-state index contributed by atoms with van der Waals surface area (Å²) in [6.45, 7) is 0.926. The summed E-state index contributed by atoms with van der Waals surface area (Å²) in [4.78, 5) is 11.4. The average Bonchev–Trinajstić information content (AvgIpc) is 2.74. The Morgan fingerprint density at radius 1 is 1.39 bits per heavy atom. The normalized spacial score (nSPS) is 22.1. The number of hydrogen-bond donors (Lipinski definition) is 2. The Morgan fingerprint density at radius 2 is 2.11 bits per heavy atom. The van der Waals surface area contributed by atoms with Gasteiger partial charge in [-0.3, -0.25) is 0 Å². The second kappa shape index (κ2) is 7.18. The Hall–Kier alpha value is -1.33. The van der Waals surface area contributed by atoms with Gasteiger partial charge in [-0.1, -0.05) is 30.3 Å². The number of carbonyl (C=O) groups is 1. The number of hydrogen-bond acceptors (Lipinski definition) is 3. The number of ether oxygens (including phenoxy) is 1. The molecule has 1 aliphatic heterocycles. The summed E-state index contributed by atoms with van der Waals surface area (Å²) in [7, 11) is 0. The minimum Gasteiger partial charge on any atom is -0.445 e. The predicted molar refractivity (Wildman–Crippen MR) is 68.6 cm³/mol. The van der Waals surface area contributed by atoms with E-state index >= 15 is 0 Å². The highest BCUT2D eigenvalue weighted by atomic mass is 35.5. The van der Waals surface area contributed by atoms with Gasteiger partial charge in [-0.2, -0.15) is 0 Å². The molecule has 6 heteroatoms. The molecule has 100 valence electrons. The van der Waals surface area contributed by atoms with Gasteiger partial charge in [0.15, 0.2) is 0 Å². The van der Waals surface area contributed by atoms with E-state index in [4.69, 9.17) is 4.74 Å². The van der Waals surface area contributed by atoms with Crippen LogP contribution >= 0.6 is 12.4 Å². The lowest BCUT2D eigenvalue weighted by molar-refractivity contribution is 0.132. The first-order chi connectivity index (χ1) is 8.25. The molecule has 1 aliphatic rings. The van der Waals surface area contributed by atoms with Gasteiger partial charge in [0.1, 0.15) is 12.8 Å². The minimum atomic E-state index is -1.04. The summed E-state index contributed by atoms with van der Waals surface area (Å²) in [5, 5.41) is 5.36. The van der Waals surface area contributed by atoms with Crippen LogP contribution in [0.15, 0.2) is 30.3 Å². The number of alkyl carbamates (subject to hydrolysis) is 1. The molecule has 0 radical (unpaired) electrons. The van der Waals surface area contributed by atoms with E-state index in [1.807, 2.05) is 30.3 Å². The summed E-state index contributed by atoms with van der Waals surface area (Å²) in [5.41, 5.74) is 0.906. The Morgan fingerprint density at radius 3 is 2.72 bits per heavy atom. The van der Waals surface area contributed by atoms with Crippen molar-refractivity contribution in [3.05, 3.63) is 35.9 Å². The summed E-state index contributed by atoms with van der Waals surface area (Å²) < 4.78 is 18.2. The fourth-order valence-electron chi connectivity index (χ4n) is 1.70. The first-order valence-electron chi connectivity index (χ1n) is 5.57. The van der Waals surface area contributed by atoms with Crippen molar-refractivity contribution < 1.29 is 13.9 Å². The lowest BCUT2D eigenvalue weighted by Gasteiger charge is -2.13. The zero-order valence-electron chi connectivity index (χ0n) is 9.77. The molecule has 2 rings (SSSR count). The molecule has 0 saturated carbocycles. The third-order valence-electron chi connectivity index (χ3n) is 2.66. The van der Waals surface area contributed by atoms with Gasteiger partial charge in [0.2, 0.25) is 0 Å². The maximum atomic E-state index is 13.2. The molecule has 18 heavy (non-hydrogen) atoms. The van der Waals surface area contributed by atoms with E-state index in [0.29, 0.717) is 6.54 Å². The molecule has 1 amide bonds. The van der Waals surface area contributed by atoms with E-state index in [-0.39, 0.29) is 25.6 Å². The highest BCUT2D eigenvalue weighted by Gasteiger charge is 2.28. The number of benzene rings is 1. The minimum absolute atomic E-state index is 0. The third kappa shape index (κ3) is 4.16. The van der Waals surface area contributed by atoms with Crippen molar-refractivity contribution in [2.24, 2.45) is 0 Å². The molecule has 1 aromatic rings. The third-order valence-corrected chi connectivity index (χ3v) is 2.66. The fraction of sp³-hybridized carbons (Fsp3) is 0.417. The fourth-order valence-corrected chi connectivity index (χ4v) is 1.70. The van der Waals surface area contributed by atoms with Gasteiger partial charge in [-0.15, -0.1) is 12.4 Å². The molecule has 2 atom stereocenters. The molecule has 2 N–H and O–H groups in total. The number of halogens is 2. The van der Waals surface area contributed by atoms with Gasteiger partial charge in [0.05, 0.1) is 6.04 Å². The molecule has 4 nitrogen and oxygen atoms in total. The number of alkyl halides is 1. The quantitative estimate of drug-likeness (QED) is 0.881. The smallest absolute Gasteiger partial charge is 0.407 e. The predicted octanol–water partition coefficient (Wildman–Crippen LogP) is 1.64. The van der Waals surface area contributed by atoms with Crippen molar-refractivity contribution >= 4 is 18.5 Å². The summed E-state index contributed by atoms with van der Waals surface area (Å²) in [5.74, 6) is 0. The average molecular weight is 275 g/mol. The van der Waals surface area contributed by atoms with Crippen LogP contribution in [0.4, 0.5) is 9.18 Å². The molecule has 0 spiro atoms. The Labute approximate surface area is 111 Å². The standard InChI is InChI=1S/C12H15FN2O2.ClH/c13-10-6-14-7-11(10)15-12(16)17-8-9-4-2-1-3-5-9;/h1-5,10-11,14H,6-8H2,(H,15,16);1H/t10-,11-;/m0./s1. The van der Waals surface area contributed by atoms with Crippen LogP contribution in [0, 0.1) is 0 Å². The van der Waals surface area contributed by atoms with Crippen LogP contribution in [0.1, 0.15) is 5.56 Å². The lowest BCUT2D eigenvalue weighted by atomic mass is 10.2. The van der Waals surface area contributed by atoms with Gasteiger partial charge in [0, 0.05) is 13.1 Å². The van der Waals surface area contributed by atoms with E-state index in [1.54, 1.807) is 0 Å². The molecule has 0 aromatic heterocycles. The van der Waals surface area contributed by atoms with Crippen LogP contribution in [0.2, 0.25) is 0 Å². The van der Waals surface area contributed by atoms with Crippen molar-refractivity contribution in [3.8, 4) is 0 Å².